The molecule has 2 rings (SSSR count). The molecule has 0 aliphatic heterocycles. The van der Waals surface area contributed by atoms with Gasteiger partial charge in [0.2, 0.25) is 16.0 Å². The van der Waals surface area contributed by atoms with Gasteiger partial charge in [0.05, 0.1) is 17.2 Å². The second-order valence-corrected chi connectivity index (χ2v) is 8.04. The fourth-order valence-electron chi connectivity index (χ4n) is 2.57. The van der Waals surface area contributed by atoms with Crippen LogP contribution in [0.2, 0.25) is 0 Å². The van der Waals surface area contributed by atoms with Gasteiger partial charge in [-0.05, 0) is 24.1 Å². The fourth-order valence-corrected chi connectivity index (χ4v) is 3.25. The highest BCUT2D eigenvalue weighted by atomic mass is 35.5. The molecule has 0 atom stereocenters. The van der Waals surface area contributed by atoms with Crippen LogP contribution < -0.4 is 16.2 Å². The van der Waals surface area contributed by atoms with Crippen molar-refractivity contribution in [2.45, 2.75) is 11.3 Å². The van der Waals surface area contributed by atoms with Crippen LogP contribution in [0.15, 0.2) is 65.1 Å². The van der Waals surface area contributed by atoms with E-state index < -0.39 is 10.0 Å². The molecular formula is C19H22ClN5O3S. The number of allylic oxidation sites excluding steroid dienone is 2. The first kappa shape index (κ1) is 22.6. The summed E-state index contributed by atoms with van der Waals surface area (Å²) >= 11 is 5.94. The molecule has 0 amide bonds. The monoisotopic (exact) mass is 435 g/mol. The summed E-state index contributed by atoms with van der Waals surface area (Å²) < 4.78 is 22.6. The molecule has 0 radical (unpaired) electrons. The Morgan fingerprint density at radius 3 is 2.45 bits per heavy atom. The molecule has 2 aromatic rings. The van der Waals surface area contributed by atoms with E-state index in [-0.39, 0.29) is 22.5 Å². The van der Waals surface area contributed by atoms with Crippen molar-refractivity contribution < 1.29 is 13.5 Å². The quantitative estimate of drug-likeness (QED) is 0.441. The van der Waals surface area contributed by atoms with Crippen LogP contribution in [-0.4, -0.2) is 36.6 Å². The van der Waals surface area contributed by atoms with Crippen molar-refractivity contribution in [1.82, 2.24) is 9.97 Å². The topological polar surface area (TPSA) is 144 Å². The number of rotatable bonds is 9. The number of nitrogens with zero attached hydrogens (tertiary/aromatic N) is 2. The number of hydrogen-bond donors (Lipinski definition) is 4. The van der Waals surface area contributed by atoms with Crippen molar-refractivity contribution in [3.8, 4) is 0 Å². The highest BCUT2D eigenvalue weighted by molar-refractivity contribution is 7.89. The Morgan fingerprint density at radius 1 is 1.28 bits per heavy atom. The molecule has 0 bridgehead atoms. The third kappa shape index (κ3) is 6.13. The fraction of sp³-hybridized carbons (Fsp3) is 0.158. The zero-order valence-electron chi connectivity index (χ0n) is 15.6. The van der Waals surface area contributed by atoms with Crippen LogP contribution in [0, 0.1) is 0 Å². The van der Waals surface area contributed by atoms with E-state index in [2.05, 4.69) is 28.4 Å². The number of nitrogens with two attached hydrogens (primary N) is 2. The highest BCUT2D eigenvalue weighted by Crippen LogP contribution is 2.26. The first-order valence-corrected chi connectivity index (χ1v) is 10.4. The number of anilines is 2. The van der Waals surface area contributed by atoms with E-state index in [1.54, 1.807) is 18.2 Å². The predicted octanol–water partition coefficient (Wildman–Crippen LogP) is 2.05. The Labute approximate surface area is 174 Å². The number of nitrogen functional groups attached to an aromatic ring is 1. The van der Waals surface area contributed by atoms with Crippen molar-refractivity contribution in [3.63, 3.8) is 0 Å². The van der Waals surface area contributed by atoms with Gasteiger partial charge in [-0.25, -0.2) is 18.5 Å². The largest absolute Gasteiger partial charge is 0.392 e. The molecule has 1 heterocycles. The number of aliphatic hydroxyl groups is 1. The summed E-state index contributed by atoms with van der Waals surface area (Å²) in [5.41, 5.74) is 8.06. The second kappa shape index (κ2) is 9.66. The number of halogens is 1. The van der Waals surface area contributed by atoms with E-state index in [9.17, 15) is 13.5 Å². The summed E-state index contributed by atoms with van der Waals surface area (Å²) in [6, 6.07) is 7.97. The van der Waals surface area contributed by atoms with E-state index in [4.69, 9.17) is 22.5 Å². The van der Waals surface area contributed by atoms with Gasteiger partial charge in [-0.2, -0.15) is 4.98 Å². The molecule has 8 nitrogen and oxygen atoms in total. The summed E-state index contributed by atoms with van der Waals surface area (Å²) in [6.07, 6.45) is 2.12. The van der Waals surface area contributed by atoms with Crippen molar-refractivity contribution in [2.75, 3.05) is 24.2 Å². The van der Waals surface area contributed by atoms with Crippen molar-refractivity contribution in [3.05, 3.63) is 71.4 Å². The van der Waals surface area contributed by atoms with Crippen LogP contribution in [0.1, 0.15) is 11.3 Å². The lowest BCUT2D eigenvalue weighted by molar-refractivity contribution is 0.335. The first-order chi connectivity index (χ1) is 13.7. The minimum Gasteiger partial charge on any atom is -0.392 e. The van der Waals surface area contributed by atoms with E-state index in [0.717, 1.165) is 5.56 Å². The van der Waals surface area contributed by atoms with Gasteiger partial charge >= 0.3 is 0 Å². The van der Waals surface area contributed by atoms with Gasteiger partial charge in [-0.3, -0.25) is 0 Å². The summed E-state index contributed by atoms with van der Waals surface area (Å²) in [5.74, 6) is 0.518. The molecule has 0 saturated heterocycles. The molecule has 154 valence electrons. The van der Waals surface area contributed by atoms with Gasteiger partial charge in [0.25, 0.3) is 0 Å². The Kier molecular flexibility index (Phi) is 7.52. The number of nitrogens with one attached hydrogen (secondary N) is 1. The molecule has 29 heavy (non-hydrogen) atoms. The normalized spacial score (nSPS) is 12.2. The lowest BCUT2D eigenvalue weighted by atomic mass is 10.0. The minimum atomic E-state index is -3.71. The van der Waals surface area contributed by atoms with Crippen LogP contribution in [0.25, 0.3) is 5.57 Å². The van der Waals surface area contributed by atoms with Crippen LogP contribution in [-0.2, 0) is 16.4 Å². The third-order valence-corrected chi connectivity index (χ3v) is 5.16. The average molecular weight is 436 g/mol. The number of aliphatic hydroxyl groups excluding tert-OH is 1. The Balaban J connectivity index is 2.16. The van der Waals surface area contributed by atoms with Gasteiger partial charge in [0.15, 0.2) is 0 Å². The van der Waals surface area contributed by atoms with E-state index in [1.165, 1.54) is 18.2 Å². The maximum atomic E-state index is 11.3. The SMILES string of the molecule is C=C/C(=C(/CO)C(=C)Cl)c1cc(NCCc2ccc(S(N)(=O)=O)cc2)nc(N)n1. The van der Waals surface area contributed by atoms with Crippen LogP contribution in [0.5, 0.6) is 0 Å². The Hall–Kier alpha value is -2.72. The molecule has 0 unspecified atom stereocenters. The molecule has 10 heteroatoms. The average Bonchev–Trinajstić information content (AvgIpc) is 2.65. The molecule has 0 fully saturated rings. The maximum absolute atomic E-state index is 11.3. The Morgan fingerprint density at radius 2 is 1.93 bits per heavy atom. The third-order valence-electron chi connectivity index (χ3n) is 4.01. The van der Waals surface area contributed by atoms with Gasteiger partial charge in [-0.15, -0.1) is 0 Å². The summed E-state index contributed by atoms with van der Waals surface area (Å²) in [4.78, 5) is 8.38. The van der Waals surface area contributed by atoms with Gasteiger partial charge in [0, 0.05) is 28.8 Å². The number of benzene rings is 1. The van der Waals surface area contributed by atoms with E-state index in [1.807, 2.05) is 0 Å². The predicted molar refractivity (Wildman–Crippen MR) is 116 cm³/mol. The number of hydrogen-bond acceptors (Lipinski definition) is 7. The molecule has 6 N–H and O–H groups in total. The molecule has 0 aliphatic carbocycles. The summed E-state index contributed by atoms with van der Waals surface area (Å²) in [7, 11) is -3.71. The smallest absolute Gasteiger partial charge is 0.238 e. The van der Waals surface area contributed by atoms with Gasteiger partial charge in [-0.1, -0.05) is 43.0 Å². The summed E-state index contributed by atoms with van der Waals surface area (Å²) in [6.45, 7) is 7.54. The van der Waals surface area contributed by atoms with Crippen LogP contribution >= 0.6 is 11.6 Å². The van der Waals surface area contributed by atoms with E-state index in [0.29, 0.717) is 35.6 Å². The second-order valence-electron chi connectivity index (χ2n) is 6.02. The number of primary sulfonamides is 1. The van der Waals surface area contributed by atoms with Crippen molar-refractivity contribution in [2.24, 2.45) is 5.14 Å². The minimum absolute atomic E-state index is 0.0410. The molecule has 1 aromatic heterocycles. The lowest BCUT2D eigenvalue weighted by Crippen LogP contribution is -2.12. The Bertz CT molecular complexity index is 1050. The van der Waals surface area contributed by atoms with Crippen LogP contribution in [0.4, 0.5) is 11.8 Å². The highest BCUT2D eigenvalue weighted by Gasteiger charge is 2.12. The molecule has 0 spiro atoms. The maximum Gasteiger partial charge on any atom is 0.238 e. The van der Waals surface area contributed by atoms with Crippen molar-refractivity contribution >= 4 is 39.0 Å². The standard InChI is InChI=1S/C19H22ClN5O3S/c1-3-15(16(11-26)12(2)20)17-10-18(25-19(21)24-17)23-9-8-13-4-6-14(7-5-13)29(22,27)28/h3-7,10,26H,1-2,8-9,11H2,(H2,22,27,28)(H3,21,23,24,25)/b16-15+. The molecule has 0 saturated carbocycles. The zero-order chi connectivity index (χ0) is 21.6. The van der Waals surface area contributed by atoms with Crippen LogP contribution in [0.3, 0.4) is 0 Å². The summed E-state index contributed by atoms with van der Waals surface area (Å²) in [5, 5.41) is 18.0. The molecular weight excluding hydrogens is 414 g/mol. The van der Waals surface area contributed by atoms with E-state index >= 15 is 0 Å². The van der Waals surface area contributed by atoms with Gasteiger partial charge in [0.1, 0.15) is 5.82 Å². The first-order valence-electron chi connectivity index (χ1n) is 8.47. The lowest BCUT2D eigenvalue weighted by Gasteiger charge is -2.12. The number of sulfonamides is 1. The molecule has 0 aliphatic rings. The van der Waals surface area contributed by atoms with Gasteiger partial charge < -0.3 is 16.2 Å². The van der Waals surface area contributed by atoms with Crippen molar-refractivity contribution in [1.29, 1.82) is 0 Å². The zero-order valence-corrected chi connectivity index (χ0v) is 17.2. The number of aromatic nitrogens is 2. The molecule has 1 aromatic carbocycles.